The lowest BCUT2D eigenvalue weighted by Gasteiger charge is -2.13. The molecule has 140 valence electrons. The van der Waals surface area contributed by atoms with Crippen LogP contribution >= 0.6 is 11.8 Å². The number of thioether (sulfide) groups is 1. The van der Waals surface area contributed by atoms with E-state index in [0.717, 1.165) is 11.8 Å². The minimum Gasteiger partial charge on any atom is -0.453 e. The minimum absolute atomic E-state index is 0.0798. The first-order valence-electron chi connectivity index (χ1n) is 7.82. The van der Waals surface area contributed by atoms with Gasteiger partial charge in [0.05, 0.1) is 16.6 Å². The summed E-state index contributed by atoms with van der Waals surface area (Å²) >= 11 is 1.15. The van der Waals surface area contributed by atoms with Crippen molar-refractivity contribution in [2.45, 2.75) is 5.16 Å². The Kier molecular flexibility index (Phi) is 5.57. The van der Waals surface area contributed by atoms with Gasteiger partial charge in [0.1, 0.15) is 5.75 Å². The molecule has 0 radical (unpaired) electrons. The van der Waals surface area contributed by atoms with Gasteiger partial charge in [-0.2, -0.15) is 15.2 Å². The Labute approximate surface area is 163 Å². The fourth-order valence-corrected chi connectivity index (χ4v) is 2.59. The summed E-state index contributed by atoms with van der Waals surface area (Å²) in [6, 6.07) is 15.4. The number of ether oxygens (including phenoxy) is 2. The van der Waals surface area contributed by atoms with Crippen molar-refractivity contribution in [2.24, 2.45) is 0 Å². The fraction of sp³-hybridized carbons (Fsp3) is 0.0556. The largest absolute Gasteiger partial charge is 0.453 e. The maximum absolute atomic E-state index is 11.4. The number of nitrogens with two attached hydrogens (primary N) is 1. The number of rotatable bonds is 6. The van der Waals surface area contributed by atoms with Crippen LogP contribution in [0, 0.1) is 21.4 Å². The number of nitriles is 1. The van der Waals surface area contributed by atoms with Crippen LogP contribution in [-0.2, 0) is 0 Å². The third kappa shape index (κ3) is 4.11. The van der Waals surface area contributed by atoms with Crippen molar-refractivity contribution in [2.75, 3.05) is 12.0 Å². The van der Waals surface area contributed by atoms with E-state index >= 15 is 0 Å². The standard InChI is InChI=1S/C18H13N5O4S/c1-28-18-21-16(20)15(23(24)25)17(22-18)27-14-9-11(10-19)7-8-13(14)26-12-5-3-2-4-6-12/h2-9H,1H3,(H2,20,21,22). The molecule has 3 rings (SSSR count). The molecule has 2 N–H and O–H groups in total. The summed E-state index contributed by atoms with van der Waals surface area (Å²) in [7, 11) is 0. The first-order chi connectivity index (χ1) is 13.5. The smallest absolute Gasteiger partial charge is 0.373 e. The van der Waals surface area contributed by atoms with Gasteiger partial charge in [-0.25, -0.2) is 0 Å². The number of anilines is 1. The number of para-hydroxylation sites is 1. The van der Waals surface area contributed by atoms with Crippen LogP contribution in [0.1, 0.15) is 5.56 Å². The van der Waals surface area contributed by atoms with Crippen LogP contribution in [-0.4, -0.2) is 21.1 Å². The highest BCUT2D eigenvalue weighted by atomic mass is 32.2. The Morgan fingerprint density at radius 1 is 1.14 bits per heavy atom. The third-order valence-electron chi connectivity index (χ3n) is 3.47. The van der Waals surface area contributed by atoms with Gasteiger partial charge in [-0.1, -0.05) is 30.0 Å². The second-order valence-electron chi connectivity index (χ2n) is 5.30. The molecular weight excluding hydrogens is 382 g/mol. The molecule has 2 aromatic carbocycles. The first kappa shape index (κ1) is 18.9. The highest BCUT2D eigenvalue weighted by molar-refractivity contribution is 7.98. The minimum atomic E-state index is -0.722. The van der Waals surface area contributed by atoms with Crippen molar-refractivity contribution >= 4 is 23.3 Å². The van der Waals surface area contributed by atoms with Crippen molar-refractivity contribution in [1.29, 1.82) is 5.26 Å². The average Bonchev–Trinajstić information content (AvgIpc) is 2.69. The summed E-state index contributed by atoms with van der Waals surface area (Å²) in [4.78, 5) is 18.6. The summed E-state index contributed by atoms with van der Waals surface area (Å²) in [6.07, 6.45) is 1.70. The number of nitrogen functional groups attached to an aromatic ring is 1. The van der Waals surface area contributed by atoms with Crippen molar-refractivity contribution < 1.29 is 14.4 Å². The van der Waals surface area contributed by atoms with Crippen LogP contribution in [0.4, 0.5) is 11.5 Å². The quantitative estimate of drug-likeness (QED) is 0.282. The molecule has 0 aliphatic rings. The molecule has 1 heterocycles. The van der Waals surface area contributed by atoms with Gasteiger partial charge in [0.2, 0.25) is 5.82 Å². The van der Waals surface area contributed by atoms with Gasteiger partial charge in [0.25, 0.3) is 0 Å². The van der Waals surface area contributed by atoms with Crippen molar-refractivity contribution in [1.82, 2.24) is 9.97 Å². The van der Waals surface area contributed by atoms with Crippen LogP contribution < -0.4 is 15.2 Å². The summed E-state index contributed by atoms with van der Waals surface area (Å²) < 4.78 is 11.5. The summed E-state index contributed by atoms with van der Waals surface area (Å²) in [6.45, 7) is 0. The van der Waals surface area contributed by atoms with Gasteiger partial charge < -0.3 is 15.2 Å². The van der Waals surface area contributed by atoms with Crippen LogP contribution in [0.15, 0.2) is 53.7 Å². The first-order valence-corrected chi connectivity index (χ1v) is 9.05. The average molecular weight is 395 g/mol. The number of nitro groups is 1. The maximum atomic E-state index is 11.4. The number of benzene rings is 2. The van der Waals surface area contributed by atoms with Crippen molar-refractivity contribution in [3.63, 3.8) is 0 Å². The molecule has 0 aliphatic heterocycles. The van der Waals surface area contributed by atoms with E-state index in [1.807, 2.05) is 12.1 Å². The van der Waals surface area contributed by atoms with E-state index in [1.54, 1.807) is 36.6 Å². The predicted molar refractivity (Wildman–Crippen MR) is 103 cm³/mol. The predicted octanol–water partition coefficient (Wildman–Crippen LogP) is 4.15. The Balaban J connectivity index is 2.07. The van der Waals surface area contributed by atoms with E-state index in [9.17, 15) is 15.4 Å². The molecule has 1 aromatic heterocycles. The lowest BCUT2D eigenvalue weighted by atomic mass is 10.2. The van der Waals surface area contributed by atoms with E-state index in [1.165, 1.54) is 12.1 Å². The third-order valence-corrected chi connectivity index (χ3v) is 4.02. The molecule has 3 aromatic rings. The zero-order chi connectivity index (χ0) is 20.1. The summed E-state index contributed by atoms with van der Waals surface area (Å²) in [5.41, 5.74) is 5.42. The van der Waals surface area contributed by atoms with Crippen LogP contribution in [0.25, 0.3) is 0 Å². The Hall–Kier alpha value is -3.84. The van der Waals surface area contributed by atoms with Crippen molar-refractivity contribution in [3.05, 3.63) is 64.2 Å². The molecule has 28 heavy (non-hydrogen) atoms. The van der Waals surface area contributed by atoms with Gasteiger partial charge in [0, 0.05) is 6.07 Å². The van der Waals surface area contributed by atoms with E-state index in [2.05, 4.69) is 9.97 Å². The molecule has 0 bridgehead atoms. The molecule has 0 aliphatic carbocycles. The Morgan fingerprint density at radius 2 is 1.89 bits per heavy atom. The lowest BCUT2D eigenvalue weighted by molar-refractivity contribution is -0.385. The number of hydrogen-bond donors (Lipinski definition) is 1. The van der Waals surface area contributed by atoms with Crippen LogP contribution in [0.3, 0.4) is 0 Å². The molecule has 0 spiro atoms. The molecule has 0 atom stereocenters. The number of nitrogens with zero attached hydrogens (tertiary/aromatic N) is 4. The second kappa shape index (κ2) is 8.24. The van der Waals surface area contributed by atoms with E-state index < -0.39 is 10.6 Å². The van der Waals surface area contributed by atoms with E-state index in [-0.39, 0.29) is 33.9 Å². The van der Waals surface area contributed by atoms with Crippen LogP contribution in [0.5, 0.6) is 23.1 Å². The SMILES string of the molecule is CSc1nc(N)c([N+](=O)[O-])c(Oc2cc(C#N)ccc2Oc2ccccc2)n1. The lowest BCUT2D eigenvalue weighted by Crippen LogP contribution is -2.05. The zero-order valence-corrected chi connectivity index (χ0v) is 15.3. The normalized spacial score (nSPS) is 10.1. The topological polar surface area (TPSA) is 137 Å². The Bertz CT molecular complexity index is 1070. The Morgan fingerprint density at radius 3 is 2.54 bits per heavy atom. The fourth-order valence-electron chi connectivity index (χ4n) is 2.23. The van der Waals surface area contributed by atoms with Gasteiger partial charge in [-0.05, 0) is 30.5 Å². The molecule has 10 heteroatoms. The van der Waals surface area contributed by atoms with Gasteiger partial charge in [-0.3, -0.25) is 10.1 Å². The summed E-state index contributed by atoms with van der Waals surface area (Å²) in [5, 5.41) is 20.8. The molecule has 0 fully saturated rings. The molecule has 0 saturated heterocycles. The van der Waals surface area contributed by atoms with Crippen LogP contribution in [0.2, 0.25) is 0 Å². The maximum Gasteiger partial charge on any atom is 0.373 e. The van der Waals surface area contributed by atoms with Gasteiger partial charge in [0.15, 0.2) is 16.7 Å². The highest BCUT2D eigenvalue weighted by Crippen LogP contribution is 2.40. The molecule has 0 saturated carbocycles. The monoisotopic (exact) mass is 395 g/mol. The number of aromatic nitrogens is 2. The van der Waals surface area contributed by atoms with Gasteiger partial charge in [-0.15, -0.1) is 0 Å². The molecule has 0 unspecified atom stereocenters. The molecular formula is C18H13N5O4S. The second-order valence-corrected chi connectivity index (χ2v) is 6.07. The van der Waals surface area contributed by atoms with Gasteiger partial charge >= 0.3 is 11.6 Å². The summed E-state index contributed by atoms with van der Waals surface area (Å²) in [5.74, 6) is 0.202. The zero-order valence-electron chi connectivity index (χ0n) is 14.5. The van der Waals surface area contributed by atoms with E-state index in [0.29, 0.717) is 5.75 Å². The number of hydrogen-bond acceptors (Lipinski definition) is 9. The van der Waals surface area contributed by atoms with E-state index in [4.69, 9.17) is 15.2 Å². The highest BCUT2D eigenvalue weighted by Gasteiger charge is 2.26. The molecule has 9 nitrogen and oxygen atoms in total. The van der Waals surface area contributed by atoms with Crippen molar-refractivity contribution in [3.8, 4) is 29.2 Å². The molecule has 0 amide bonds.